The van der Waals surface area contributed by atoms with Crippen molar-refractivity contribution in [1.29, 1.82) is 0 Å². The van der Waals surface area contributed by atoms with E-state index in [2.05, 4.69) is 10.1 Å². The fourth-order valence-corrected chi connectivity index (χ4v) is 4.13. The van der Waals surface area contributed by atoms with Gasteiger partial charge in [0.25, 0.3) is 0 Å². The zero-order valence-electron chi connectivity index (χ0n) is 15.2. The lowest BCUT2D eigenvalue weighted by molar-refractivity contribution is -0.274. The molecule has 152 valence electrons. The molecule has 4 rings (SSSR count). The van der Waals surface area contributed by atoms with Gasteiger partial charge in [0.15, 0.2) is 0 Å². The summed E-state index contributed by atoms with van der Waals surface area (Å²) in [7, 11) is 0. The Labute approximate surface area is 160 Å². The first-order valence-corrected chi connectivity index (χ1v) is 9.30. The summed E-state index contributed by atoms with van der Waals surface area (Å²) >= 11 is 0. The maximum Gasteiger partial charge on any atom is 0.573 e. The average Bonchev–Trinajstić information content (AvgIpc) is 3.54. The summed E-state index contributed by atoms with van der Waals surface area (Å²) < 4.78 is 45.9. The first-order chi connectivity index (χ1) is 13.3. The number of anilines is 1. The van der Waals surface area contributed by atoms with Crippen LogP contribution in [0.5, 0.6) is 5.75 Å². The van der Waals surface area contributed by atoms with Gasteiger partial charge < -0.3 is 19.7 Å². The number of nitrogens with one attached hydrogen (secondary N) is 1. The molecule has 0 spiro atoms. The lowest BCUT2D eigenvalue weighted by Crippen LogP contribution is -2.49. The van der Waals surface area contributed by atoms with Crippen LogP contribution in [-0.2, 0) is 14.3 Å². The number of ether oxygens (including phenoxy) is 2. The van der Waals surface area contributed by atoms with Crippen LogP contribution >= 0.6 is 0 Å². The van der Waals surface area contributed by atoms with Gasteiger partial charge in [-0.2, -0.15) is 0 Å². The van der Waals surface area contributed by atoms with E-state index in [1.54, 1.807) is 4.90 Å². The van der Waals surface area contributed by atoms with E-state index in [-0.39, 0.29) is 17.6 Å². The SMILES string of the molecule is O=C(Nc1ccc(OC(F)(F)F)cc1)C1(C2(C(=O)N3CCOCC3)CC2)CC1. The minimum absolute atomic E-state index is 0.0253. The molecule has 0 radical (unpaired) electrons. The van der Waals surface area contributed by atoms with Crippen LogP contribution in [0.15, 0.2) is 24.3 Å². The zero-order chi connectivity index (χ0) is 20.0. The van der Waals surface area contributed by atoms with Crippen molar-refractivity contribution < 1.29 is 32.2 Å². The highest BCUT2D eigenvalue weighted by Gasteiger charge is 2.73. The minimum Gasteiger partial charge on any atom is -0.406 e. The number of hydrogen-bond donors (Lipinski definition) is 1. The van der Waals surface area contributed by atoms with E-state index in [4.69, 9.17) is 4.74 Å². The molecule has 1 saturated heterocycles. The number of benzene rings is 1. The van der Waals surface area contributed by atoms with Crippen molar-refractivity contribution in [3.05, 3.63) is 24.3 Å². The van der Waals surface area contributed by atoms with Gasteiger partial charge in [0.05, 0.1) is 24.0 Å². The summed E-state index contributed by atoms with van der Waals surface area (Å²) in [6.45, 7) is 2.10. The number of nitrogens with zero attached hydrogens (tertiary/aromatic N) is 1. The smallest absolute Gasteiger partial charge is 0.406 e. The molecule has 3 fully saturated rings. The zero-order valence-corrected chi connectivity index (χ0v) is 15.2. The van der Waals surface area contributed by atoms with E-state index in [1.165, 1.54) is 12.1 Å². The highest BCUT2D eigenvalue weighted by atomic mass is 19.4. The van der Waals surface area contributed by atoms with Crippen LogP contribution < -0.4 is 10.1 Å². The minimum atomic E-state index is -4.76. The quantitative estimate of drug-likeness (QED) is 0.828. The van der Waals surface area contributed by atoms with Crippen LogP contribution in [0.25, 0.3) is 0 Å². The Kier molecular flexibility index (Phi) is 4.52. The Morgan fingerprint density at radius 3 is 2.07 bits per heavy atom. The van der Waals surface area contributed by atoms with Crippen LogP contribution in [0.3, 0.4) is 0 Å². The number of carbonyl (C=O) groups excluding carboxylic acids is 2. The number of carbonyl (C=O) groups is 2. The number of morpholine rings is 1. The number of halogens is 3. The van der Waals surface area contributed by atoms with Gasteiger partial charge in [0.1, 0.15) is 5.75 Å². The third-order valence-electron chi connectivity index (χ3n) is 5.90. The lowest BCUT2D eigenvalue weighted by Gasteiger charge is -2.34. The molecule has 1 heterocycles. The molecule has 1 aliphatic heterocycles. The number of hydrogen-bond acceptors (Lipinski definition) is 4. The van der Waals surface area contributed by atoms with Crippen molar-refractivity contribution in [3.8, 4) is 5.75 Å². The van der Waals surface area contributed by atoms with Gasteiger partial charge in [-0.3, -0.25) is 9.59 Å². The highest BCUT2D eigenvalue weighted by Crippen LogP contribution is 2.71. The predicted octanol–water partition coefficient (Wildman–Crippen LogP) is 2.94. The van der Waals surface area contributed by atoms with Crippen molar-refractivity contribution in [2.45, 2.75) is 32.0 Å². The van der Waals surface area contributed by atoms with Gasteiger partial charge in [-0.05, 0) is 49.9 Å². The molecule has 1 N–H and O–H groups in total. The fraction of sp³-hybridized carbons (Fsp3) is 0.579. The van der Waals surface area contributed by atoms with Crippen LogP contribution in [0.2, 0.25) is 0 Å². The molecular formula is C19H21F3N2O4. The first-order valence-electron chi connectivity index (χ1n) is 9.30. The lowest BCUT2D eigenvalue weighted by atomic mass is 9.83. The van der Waals surface area contributed by atoms with Crippen molar-refractivity contribution in [2.75, 3.05) is 31.6 Å². The molecular weight excluding hydrogens is 377 g/mol. The third-order valence-corrected chi connectivity index (χ3v) is 5.90. The second-order valence-corrected chi connectivity index (χ2v) is 7.60. The number of alkyl halides is 3. The monoisotopic (exact) mass is 398 g/mol. The van der Waals surface area contributed by atoms with Gasteiger partial charge in [0, 0.05) is 18.8 Å². The highest BCUT2D eigenvalue weighted by molar-refractivity contribution is 6.03. The van der Waals surface area contributed by atoms with Crippen LogP contribution in [-0.4, -0.2) is 49.4 Å². The molecule has 1 aromatic rings. The van der Waals surface area contributed by atoms with Gasteiger partial charge >= 0.3 is 6.36 Å². The maximum absolute atomic E-state index is 13.1. The van der Waals surface area contributed by atoms with E-state index >= 15 is 0 Å². The topological polar surface area (TPSA) is 67.9 Å². The van der Waals surface area contributed by atoms with Crippen LogP contribution in [0.1, 0.15) is 25.7 Å². The van der Waals surface area contributed by atoms with Gasteiger partial charge in [-0.15, -0.1) is 13.2 Å². The maximum atomic E-state index is 13.1. The Balaban J connectivity index is 1.44. The molecule has 0 bridgehead atoms. The second kappa shape index (κ2) is 6.65. The summed E-state index contributed by atoms with van der Waals surface area (Å²) in [5.41, 5.74) is -0.988. The molecule has 28 heavy (non-hydrogen) atoms. The summed E-state index contributed by atoms with van der Waals surface area (Å²) in [5.74, 6) is -0.568. The normalized spacial score (nSPS) is 22.3. The number of amides is 2. The van der Waals surface area contributed by atoms with Crippen molar-refractivity contribution in [2.24, 2.45) is 10.8 Å². The molecule has 2 saturated carbocycles. The molecule has 2 amide bonds. The molecule has 6 nitrogen and oxygen atoms in total. The number of rotatable bonds is 5. The molecule has 2 aliphatic carbocycles. The van der Waals surface area contributed by atoms with Crippen molar-refractivity contribution >= 4 is 17.5 Å². The van der Waals surface area contributed by atoms with E-state index < -0.39 is 17.2 Å². The van der Waals surface area contributed by atoms with E-state index in [9.17, 15) is 22.8 Å². The van der Waals surface area contributed by atoms with Gasteiger partial charge in [-0.25, -0.2) is 0 Å². The fourth-order valence-electron chi connectivity index (χ4n) is 4.13. The van der Waals surface area contributed by atoms with E-state index in [1.807, 2.05) is 0 Å². The van der Waals surface area contributed by atoms with Gasteiger partial charge in [-0.1, -0.05) is 0 Å². The van der Waals surface area contributed by atoms with Crippen LogP contribution in [0.4, 0.5) is 18.9 Å². The molecule has 0 aromatic heterocycles. The Morgan fingerprint density at radius 2 is 1.57 bits per heavy atom. The van der Waals surface area contributed by atoms with Gasteiger partial charge in [0.2, 0.25) is 11.8 Å². The Hall–Kier alpha value is -2.29. The van der Waals surface area contributed by atoms with E-state index in [0.717, 1.165) is 12.1 Å². The summed E-state index contributed by atoms with van der Waals surface area (Å²) in [4.78, 5) is 27.8. The summed E-state index contributed by atoms with van der Waals surface area (Å²) in [6, 6.07) is 5.01. The molecule has 9 heteroatoms. The Bertz CT molecular complexity index is 764. The van der Waals surface area contributed by atoms with Crippen molar-refractivity contribution in [1.82, 2.24) is 4.90 Å². The molecule has 0 unspecified atom stereocenters. The molecule has 3 aliphatic rings. The third kappa shape index (κ3) is 3.43. The first kappa shape index (κ1) is 19.0. The predicted molar refractivity (Wildman–Crippen MR) is 92.5 cm³/mol. The van der Waals surface area contributed by atoms with Crippen LogP contribution in [0, 0.1) is 10.8 Å². The second-order valence-electron chi connectivity index (χ2n) is 7.60. The summed E-state index contributed by atoms with van der Waals surface area (Å²) in [6.07, 6.45) is -2.10. The van der Waals surface area contributed by atoms with Crippen molar-refractivity contribution in [3.63, 3.8) is 0 Å². The largest absolute Gasteiger partial charge is 0.573 e. The average molecular weight is 398 g/mol. The molecule has 0 atom stereocenters. The Morgan fingerprint density at radius 1 is 1.00 bits per heavy atom. The summed E-state index contributed by atoms with van der Waals surface area (Å²) in [5, 5.41) is 2.77. The standard InChI is InChI=1S/C19H21F3N2O4/c20-19(21,22)28-14-3-1-13(2-4-14)23-15(25)17(5-6-17)18(7-8-18)16(26)24-9-11-27-12-10-24/h1-4H,5-12H2,(H,23,25). The van der Waals surface area contributed by atoms with E-state index in [0.29, 0.717) is 57.7 Å². The molecule has 1 aromatic carbocycles.